The zero-order chi connectivity index (χ0) is 47.1. The number of H-pyrrole nitrogens is 1. The third-order valence-electron chi connectivity index (χ3n) is 11.5. The van der Waals surface area contributed by atoms with Crippen LogP contribution in [0.5, 0.6) is 0 Å². The molecule has 1 aliphatic heterocycles. The Hall–Kier alpha value is -6.01. The molecule has 6 atom stereocenters. The second-order valence-corrected chi connectivity index (χ2v) is 18.1. The van der Waals surface area contributed by atoms with Gasteiger partial charge in [0.15, 0.2) is 5.96 Å². The fourth-order valence-corrected chi connectivity index (χ4v) is 7.99. The summed E-state index contributed by atoms with van der Waals surface area (Å²) >= 11 is 0. The van der Waals surface area contributed by atoms with Crippen LogP contribution in [0.25, 0.3) is 10.9 Å². The maximum atomic E-state index is 14.8. The third-order valence-corrected chi connectivity index (χ3v) is 11.5. The van der Waals surface area contributed by atoms with E-state index in [0.717, 1.165) is 27.6 Å². The molecule has 0 aliphatic carbocycles. The Balaban J connectivity index is 1.69. The molecule has 5 amide bonds. The van der Waals surface area contributed by atoms with Crippen LogP contribution >= 0.6 is 0 Å². The molecule has 1 unspecified atom stereocenters. The molecular weight excluding hydrogens is 819 g/mol. The van der Waals surface area contributed by atoms with Crippen LogP contribution in [0.1, 0.15) is 89.8 Å². The number of carbonyl (C=O) groups excluding carboxylic acids is 5. The molecule has 0 saturated carbocycles. The van der Waals surface area contributed by atoms with Gasteiger partial charge < -0.3 is 58.8 Å². The van der Waals surface area contributed by atoms with E-state index < -0.39 is 77.2 Å². The van der Waals surface area contributed by atoms with E-state index in [1.165, 1.54) is 4.90 Å². The molecule has 0 saturated heterocycles. The van der Waals surface area contributed by atoms with Gasteiger partial charge in [-0.2, -0.15) is 0 Å². The van der Waals surface area contributed by atoms with Gasteiger partial charge in [0, 0.05) is 43.0 Å². The second-order valence-electron chi connectivity index (χ2n) is 18.1. The molecule has 0 radical (unpaired) electrons. The molecule has 0 fully saturated rings. The van der Waals surface area contributed by atoms with E-state index in [0.29, 0.717) is 38.8 Å². The number of carboxylic acid groups (broad SMARTS) is 1. The first-order chi connectivity index (χ1) is 30.3. The van der Waals surface area contributed by atoms with Crippen molar-refractivity contribution in [2.24, 2.45) is 33.5 Å². The lowest BCUT2D eigenvalue weighted by atomic mass is 9.85. The van der Waals surface area contributed by atoms with Gasteiger partial charge in [-0.3, -0.25) is 29.0 Å². The van der Waals surface area contributed by atoms with Crippen LogP contribution in [-0.2, 0) is 48.2 Å². The summed E-state index contributed by atoms with van der Waals surface area (Å²) in [5.41, 5.74) is 19.1. The van der Waals surface area contributed by atoms with Crippen LogP contribution < -0.4 is 43.8 Å². The van der Waals surface area contributed by atoms with E-state index in [1.54, 1.807) is 34.0 Å². The van der Waals surface area contributed by atoms with Crippen molar-refractivity contribution in [2.45, 2.75) is 129 Å². The maximum absolute atomic E-state index is 14.8. The summed E-state index contributed by atoms with van der Waals surface area (Å²) < 4.78 is 0. The minimum atomic E-state index is -1.25. The van der Waals surface area contributed by atoms with Gasteiger partial charge in [0.25, 0.3) is 0 Å². The highest BCUT2D eigenvalue weighted by Gasteiger charge is 2.41. The number of nitrogens with one attached hydrogen (secondary N) is 6. The Morgan fingerprint density at radius 1 is 0.828 bits per heavy atom. The summed E-state index contributed by atoms with van der Waals surface area (Å²) in [6.07, 6.45) is 4.37. The second kappa shape index (κ2) is 23.6. The number of carboxylic acids is 1. The number of aromatic amines is 1. The van der Waals surface area contributed by atoms with Gasteiger partial charge in [-0.25, -0.2) is 4.79 Å². The molecule has 3 aromatic rings. The van der Waals surface area contributed by atoms with Gasteiger partial charge in [-0.05, 0) is 86.2 Å². The number of amides is 5. The Kier molecular flexibility index (Phi) is 18.7. The van der Waals surface area contributed by atoms with Crippen molar-refractivity contribution in [2.75, 3.05) is 20.1 Å². The van der Waals surface area contributed by atoms with E-state index in [9.17, 15) is 33.9 Å². The number of para-hydroxylation sites is 1. The molecule has 64 heavy (non-hydrogen) atoms. The number of likely N-dealkylation sites (N-methyl/N-ethyl adjacent to an activating group) is 1. The number of hydrogen-bond acceptors (Lipinski definition) is 9. The standard InChI is InChI=1S/C46H69N11O7/c1-27(2)22-36(44(63)64)55-42(61)38(46(3,4)5)56-40(59)35(23-30-25-52-32-17-10-9-16-31(30)32)54-41(60)37-24-28-14-7-8-15-29(28)26-57(37)43(62)34(18-11-12-20-47)53-39(58)33(50-6)19-13-21-51-45(48)49/h7-10,14-17,25,27,33-38,50,52H,11-13,18-24,26,47H2,1-6H3,(H,53,58)(H,54,60)(H,55,61)(H,56,59)(H,63,64)(H4,48,49,51)/t33-,34-,35-,36-,37?,38+/m0/s1. The number of fused-ring (bicyclic) bond motifs is 2. The summed E-state index contributed by atoms with van der Waals surface area (Å²) in [4.78, 5) is 92.6. The summed E-state index contributed by atoms with van der Waals surface area (Å²) in [6.45, 7) is 9.72. The predicted molar refractivity (Wildman–Crippen MR) is 246 cm³/mol. The molecule has 18 heteroatoms. The predicted octanol–water partition coefficient (Wildman–Crippen LogP) is 1.55. The topological polar surface area (TPSA) is 292 Å². The van der Waals surface area contributed by atoms with Crippen LogP contribution in [0.2, 0.25) is 0 Å². The lowest BCUT2D eigenvalue weighted by Gasteiger charge is -2.39. The average Bonchev–Trinajstić information content (AvgIpc) is 3.65. The first kappa shape index (κ1) is 50.6. The van der Waals surface area contributed by atoms with Gasteiger partial charge in [-0.15, -0.1) is 0 Å². The molecular formula is C46H69N11O7. The monoisotopic (exact) mass is 888 g/mol. The van der Waals surface area contributed by atoms with Crippen molar-refractivity contribution in [3.8, 4) is 0 Å². The van der Waals surface area contributed by atoms with Crippen LogP contribution in [0.3, 0.4) is 0 Å². The van der Waals surface area contributed by atoms with Crippen LogP contribution in [0.4, 0.5) is 0 Å². The number of nitrogens with zero attached hydrogens (tertiary/aromatic N) is 2. The van der Waals surface area contributed by atoms with Crippen LogP contribution in [0, 0.1) is 11.3 Å². The zero-order valence-corrected chi connectivity index (χ0v) is 38.0. The van der Waals surface area contributed by atoms with Gasteiger partial charge in [0.1, 0.15) is 30.2 Å². The molecule has 0 bridgehead atoms. The number of aliphatic carboxylic acids is 1. The minimum absolute atomic E-state index is 0.00871. The van der Waals surface area contributed by atoms with Gasteiger partial charge in [0.2, 0.25) is 29.5 Å². The Labute approximate surface area is 375 Å². The number of hydrogen-bond donors (Lipinski definition) is 10. The number of nitrogens with two attached hydrogens (primary N) is 3. The Morgan fingerprint density at radius 3 is 2.11 bits per heavy atom. The van der Waals surface area contributed by atoms with Gasteiger partial charge in [0.05, 0.1) is 6.04 Å². The number of aromatic nitrogens is 1. The van der Waals surface area contributed by atoms with E-state index in [2.05, 4.69) is 36.6 Å². The summed E-state index contributed by atoms with van der Waals surface area (Å²) in [7, 11) is 1.65. The molecule has 1 aromatic heterocycles. The van der Waals surface area contributed by atoms with E-state index >= 15 is 0 Å². The third kappa shape index (κ3) is 14.3. The number of guanidine groups is 1. The SMILES string of the molecule is CN[C@@H](CCCN=C(N)N)C(=O)N[C@@H](CCCCN)C(=O)N1Cc2ccccc2CC1C(=O)N[C@@H](Cc1c[nH]c2ccccc12)C(=O)N[C@H](C(=O)N[C@@H](CC(C)C)C(=O)O)C(C)(C)C. The number of aliphatic imine (C=N–C) groups is 1. The number of carbonyl (C=O) groups is 6. The lowest BCUT2D eigenvalue weighted by Crippen LogP contribution is -2.62. The van der Waals surface area contributed by atoms with Crippen molar-refractivity contribution in [3.63, 3.8) is 0 Å². The molecule has 1 aliphatic rings. The lowest BCUT2D eigenvalue weighted by molar-refractivity contribution is -0.146. The fourth-order valence-electron chi connectivity index (χ4n) is 7.99. The first-order valence-electron chi connectivity index (χ1n) is 22.1. The van der Waals surface area contributed by atoms with Crippen molar-refractivity contribution >= 4 is 52.4 Å². The summed E-state index contributed by atoms with van der Waals surface area (Å²) in [5, 5.41) is 25.1. The van der Waals surface area contributed by atoms with Crippen molar-refractivity contribution < 1.29 is 33.9 Å². The van der Waals surface area contributed by atoms with E-state index in [1.807, 2.05) is 62.4 Å². The van der Waals surface area contributed by atoms with Crippen LogP contribution in [-0.4, -0.2) is 113 Å². The number of benzene rings is 2. The molecule has 13 N–H and O–H groups in total. The molecule has 18 nitrogen and oxygen atoms in total. The first-order valence-corrected chi connectivity index (χ1v) is 22.1. The van der Waals surface area contributed by atoms with Gasteiger partial charge in [-0.1, -0.05) is 77.1 Å². The fraction of sp³-hybridized carbons (Fsp3) is 0.543. The van der Waals surface area contributed by atoms with Crippen LogP contribution in [0.15, 0.2) is 59.7 Å². The minimum Gasteiger partial charge on any atom is -0.480 e. The largest absolute Gasteiger partial charge is 0.480 e. The average molecular weight is 888 g/mol. The van der Waals surface area contributed by atoms with E-state index in [4.69, 9.17) is 17.2 Å². The van der Waals surface area contributed by atoms with Gasteiger partial charge >= 0.3 is 5.97 Å². The summed E-state index contributed by atoms with van der Waals surface area (Å²) in [6, 6.07) is 8.62. The number of rotatable bonds is 23. The summed E-state index contributed by atoms with van der Waals surface area (Å²) in [5.74, 6) is -4.10. The van der Waals surface area contributed by atoms with E-state index in [-0.39, 0.29) is 44.1 Å². The molecule has 0 spiro atoms. The Bertz CT molecular complexity index is 2110. The molecule has 2 heterocycles. The molecule has 2 aromatic carbocycles. The highest BCUT2D eigenvalue weighted by atomic mass is 16.4. The Morgan fingerprint density at radius 2 is 1.47 bits per heavy atom. The normalized spacial score (nSPS) is 16.1. The maximum Gasteiger partial charge on any atom is 0.326 e. The van der Waals surface area contributed by atoms with Crippen molar-refractivity contribution in [3.05, 3.63) is 71.4 Å². The number of unbranched alkanes of at least 4 members (excludes halogenated alkanes) is 1. The highest BCUT2D eigenvalue weighted by molar-refractivity contribution is 5.97. The highest BCUT2D eigenvalue weighted by Crippen LogP contribution is 2.27. The molecule has 350 valence electrons. The molecule has 4 rings (SSSR count). The smallest absolute Gasteiger partial charge is 0.326 e. The van der Waals surface area contributed by atoms with Crippen molar-refractivity contribution in [1.82, 2.24) is 36.5 Å². The zero-order valence-electron chi connectivity index (χ0n) is 38.0. The van der Waals surface area contributed by atoms with Crippen molar-refractivity contribution in [1.29, 1.82) is 0 Å². The quantitative estimate of drug-likeness (QED) is 0.0370.